The van der Waals surface area contributed by atoms with Crippen LogP contribution in [0.25, 0.3) is 0 Å². The Morgan fingerprint density at radius 3 is 3.22 bits per heavy atom. The fourth-order valence-electron chi connectivity index (χ4n) is 3.24. The summed E-state index contributed by atoms with van der Waals surface area (Å²) < 4.78 is 15.7. The molecule has 0 N–H and O–H groups in total. The van der Waals surface area contributed by atoms with Crippen LogP contribution in [0, 0.1) is 0 Å². The van der Waals surface area contributed by atoms with Crippen molar-refractivity contribution >= 4 is 17.4 Å². The van der Waals surface area contributed by atoms with Gasteiger partial charge in [0.05, 0.1) is 18.8 Å². The van der Waals surface area contributed by atoms with Gasteiger partial charge >= 0.3 is 0 Å². The monoisotopic (exact) mass is 332 g/mol. The second-order valence-electron chi connectivity index (χ2n) is 5.64. The SMILES string of the molecule is O=C(c1csnn1)N1C[C@H](Oc2cccnc2)[C@H]2OCCC[C@H]21. The number of carbonyl (C=O) groups excluding carboxylic acids is 1. The van der Waals surface area contributed by atoms with Crippen molar-refractivity contribution in [3.8, 4) is 5.75 Å². The Morgan fingerprint density at radius 1 is 1.48 bits per heavy atom. The van der Waals surface area contributed by atoms with Gasteiger partial charge in [-0.3, -0.25) is 9.78 Å². The summed E-state index contributed by atoms with van der Waals surface area (Å²) in [6.45, 7) is 1.19. The van der Waals surface area contributed by atoms with Gasteiger partial charge in [-0.25, -0.2) is 0 Å². The number of rotatable bonds is 3. The van der Waals surface area contributed by atoms with Crippen molar-refractivity contribution in [3.05, 3.63) is 35.6 Å². The first kappa shape index (κ1) is 14.5. The summed E-state index contributed by atoms with van der Waals surface area (Å²) in [5.41, 5.74) is 0.390. The minimum atomic E-state index is -0.194. The zero-order chi connectivity index (χ0) is 15.6. The molecule has 2 aromatic rings. The Balaban J connectivity index is 1.56. The van der Waals surface area contributed by atoms with Crippen molar-refractivity contribution in [3.63, 3.8) is 0 Å². The lowest BCUT2D eigenvalue weighted by atomic mass is 10.0. The predicted molar refractivity (Wildman–Crippen MR) is 82.4 cm³/mol. The first-order valence-corrected chi connectivity index (χ1v) is 8.43. The highest BCUT2D eigenvalue weighted by Gasteiger charge is 2.47. The van der Waals surface area contributed by atoms with Crippen LogP contribution in [0.4, 0.5) is 0 Å². The standard InChI is InChI=1S/C15H16N4O3S/c20-15(11-9-23-18-17-11)19-8-13(14-12(19)4-2-6-21-14)22-10-3-1-5-16-7-10/h1,3,5,7,9,12-14H,2,4,6,8H2/t12-,13+,14+/m1/s1. The number of hydrogen-bond acceptors (Lipinski definition) is 7. The van der Waals surface area contributed by atoms with Crippen molar-refractivity contribution in [1.82, 2.24) is 19.5 Å². The van der Waals surface area contributed by atoms with Gasteiger partial charge in [-0.1, -0.05) is 4.49 Å². The van der Waals surface area contributed by atoms with Gasteiger partial charge in [0, 0.05) is 18.2 Å². The van der Waals surface area contributed by atoms with Crippen molar-refractivity contribution in [1.29, 1.82) is 0 Å². The van der Waals surface area contributed by atoms with Crippen molar-refractivity contribution < 1.29 is 14.3 Å². The smallest absolute Gasteiger partial charge is 0.275 e. The summed E-state index contributed by atoms with van der Waals surface area (Å²) in [5, 5.41) is 5.57. The first-order valence-electron chi connectivity index (χ1n) is 7.59. The molecule has 8 heteroatoms. The van der Waals surface area contributed by atoms with Gasteiger partial charge in [0.1, 0.15) is 18.0 Å². The van der Waals surface area contributed by atoms with Gasteiger partial charge < -0.3 is 14.4 Å². The van der Waals surface area contributed by atoms with E-state index in [1.807, 2.05) is 17.0 Å². The third kappa shape index (κ3) is 2.79. The fourth-order valence-corrected chi connectivity index (χ4v) is 3.67. The van der Waals surface area contributed by atoms with E-state index in [0.717, 1.165) is 12.8 Å². The number of pyridine rings is 1. The van der Waals surface area contributed by atoms with E-state index in [-0.39, 0.29) is 24.2 Å². The van der Waals surface area contributed by atoms with E-state index in [2.05, 4.69) is 14.6 Å². The molecule has 0 aliphatic carbocycles. The third-order valence-electron chi connectivity index (χ3n) is 4.24. The van der Waals surface area contributed by atoms with Gasteiger partial charge in [-0.05, 0) is 36.5 Å². The second kappa shape index (κ2) is 6.21. The van der Waals surface area contributed by atoms with Crippen molar-refractivity contribution in [2.45, 2.75) is 31.1 Å². The third-order valence-corrected chi connectivity index (χ3v) is 4.74. The topological polar surface area (TPSA) is 77.4 Å². The number of amides is 1. The lowest BCUT2D eigenvalue weighted by Gasteiger charge is -2.31. The minimum Gasteiger partial charge on any atom is -0.484 e. The van der Waals surface area contributed by atoms with Crippen LogP contribution in [-0.4, -0.2) is 56.8 Å². The molecule has 0 spiro atoms. The average molecular weight is 332 g/mol. The highest BCUT2D eigenvalue weighted by molar-refractivity contribution is 7.03. The van der Waals surface area contributed by atoms with Crippen molar-refractivity contribution in [2.75, 3.05) is 13.2 Å². The number of nitrogens with zero attached hydrogens (tertiary/aromatic N) is 4. The summed E-state index contributed by atoms with van der Waals surface area (Å²) in [6.07, 6.45) is 4.93. The summed E-state index contributed by atoms with van der Waals surface area (Å²) in [7, 11) is 0. The van der Waals surface area contributed by atoms with E-state index < -0.39 is 0 Å². The van der Waals surface area contributed by atoms with E-state index in [1.165, 1.54) is 11.5 Å². The normalized spacial score (nSPS) is 26.8. The summed E-state index contributed by atoms with van der Waals surface area (Å²) in [4.78, 5) is 18.6. The number of carbonyl (C=O) groups is 1. The molecular formula is C15H16N4O3S. The summed E-state index contributed by atoms with van der Waals surface area (Å²) in [6, 6.07) is 3.71. The summed E-state index contributed by atoms with van der Waals surface area (Å²) >= 11 is 1.18. The Bertz CT molecular complexity index is 667. The van der Waals surface area contributed by atoms with Crippen LogP contribution in [0.2, 0.25) is 0 Å². The lowest BCUT2D eigenvalue weighted by Crippen LogP contribution is -2.44. The molecule has 23 heavy (non-hydrogen) atoms. The number of hydrogen-bond donors (Lipinski definition) is 0. The molecule has 2 saturated heterocycles. The Morgan fingerprint density at radius 2 is 2.43 bits per heavy atom. The van der Waals surface area contributed by atoms with Crippen LogP contribution in [0.5, 0.6) is 5.75 Å². The summed E-state index contributed by atoms with van der Waals surface area (Å²) in [5.74, 6) is 0.589. The minimum absolute atomic E-state index is 0.0274. The molecule has 2 aromatic heterocycles. The van der Waals surface area contributed by atoms with Crippen LogP contribution in [-0.2, 0) is 4.74 Å². The predicted octanol–water partition coefficient (Wildman–Crippen LogP) is 1.38. The molecule has 1 amide bonds. The zero-order valence-corrected chi connectivity index (χ0v) is 13.2. The van der Waals surface area contributed by atoms with E-state index in [9.17, 15) is 4.79 Å². The average Bonchev–Trinajstić information content (AvgIpc) is 3.24. The lowest BCUT2D eigenvalue weighted by molar-refractivity contribution is -0.0447. The molecule has 0 radical (unpaired) electrons. The molecule has 120 valence electrons. The van der Waals surface area contributed by atoms with Crippen molar-refractivity contribution in [2.24, 2.45) is 0 Å². The molecule has 4 heterocycles. The molecule has 7 nitrogen and oxygen atoms in total. The zero-order valence-electron chi connectivity index (χ0n) is 12.4. The van der Waals surface area contributed by atoms with Gasteiger partial charge in [0.25, 0.3) is 5.91 Å². The van der Waals surface area contributed by atoms with E-state index >= 15 is 0 Å². The molecule has 3 atom stereocenters. The maximum absolute atomic E-state index is 12.7. The van der Waals surface area contributed by atoms with E-state index in [4.69, 9.17) is 9.47 Å². The molecular weight excluding hydrogens is 316 g/mol. The van der Waals surface area contributed by atoms with Crippen LogP contribution < -0.4 is 4.74 Å². The Labute approximate surface area is 137 Å². The van der Waals surface area contributed by atoms with Gasteiger partial charge in [0.2, 0.25) is 0 Å². The molecule has 4 rings (SSSR count). The van der Waals surface area contributed by atoms with Crippen LogP contribution in [0.1, 0.15) is 23.3 Å². The largest absolute Gasteiger partial charge is 0.484 e. The second-order valence-corrected chi connectivity index (χ2v) is 6.25. The highest BCUT2D eigenvalue weighted by Crippen LogP contribution is 2.32. The quantitative estimate of drug-likeness (QED) is 0.845. The van der Waals surface area contributed by atoms with Gasteiger partial charge in [-0.2, -0.15) is 0 Å². The number of likely N-dealkylation sites (tertiary alicyclic amines) is 1. The van der Waals surface area contributed by atoms with Crippen LogP contribution >= 0.6 is 11.5 Å². The molecule has 0 aromatic carbocycles. The molecule has 0 bridgehead atoms. The molecule has 2 aliphatic rings. The molecule has 2 aliphatic heterocycles. The molecule has 2 fully saturated rings. The van der Waals surface area contributed by atoms with E-state index in [0.29, 0.717) is 24.6 Å². The van der Waals surface area contributed by atoms with Crippen LogP contribution in [0.15, 0.2) is 29.9 Å². The number of fused-ring (bicyclic) bond motifs is 1. The number of ether oxygens (including phenoxy) is 2. The van der Waals surface area contributed by atoms with Crippen LogP contribution in [0.3, 0.4) is 0 Å². The number of aromatic nitrogens is 3. The first-order chi connectivity index (χ1) is 11.3. The highest BCUT2D eigenvalue weighted by atomic mass is 32.1. The van der Waals surface area contributed by atoms with E-state index in [1.54, 1.807) is 17.8 Å². The maximum atomic E-state index is 12.7. The fraction of sp³-hybridized carbons (Fsp3) is 0.467. The molecule has 0 saturated carbocycles. The maximum Gasteiger partial charge on any atom is 0.275 e. The van der Waals surface area contributed by atoms with Gasteiger partial charge in [-0.15, -0.1) is 5.10 Å². The Hall–Kier alpha value is -2.06. The Kier molecular flexibility index (Phi) is 3.92. The van der Waals surface area contributed by atoms with Gasteiger partial charge in [0.15, 0.2) is 5.69 Å². The molecule has 0 unspecified atom stereocenters.